The first kappa shape index (κ1) is 14.8. The second-order valence-electron chi connectivity index (χ2n) is 6.22. The lowest BCUT2D eigenvalue weighted by atomic mass is 9.77. The standard InChI is InChI=1S/C17H25NO3/c1-19-13-17-8-10-21-16(17)7-9-18(12-17)11-14-5-3-4-6-15(14)20-2/h3-6,16H,7-13H2,1-2H3/t16-,17+/m0/s1. The van der Waals surface area contributed by atoms with Gasteiger partial charge in [-0.25, -0.2) is 0 Å². The molecule has 0 aliphatic carbocycles. The molecular formula is C17H25NO3. The van der Waals surface area contributed by atoms with Crippen molar-refractivity contribution >= 4 is 0 Å². The average Bonchev–Trinajstić information content (AvgIpc) is 2.91. The van der Waals surface area contributed by atoms with Crippen LogP contribution in [0.4, 0.5) is 0 Å². The molecule has 0 spiro atoms. The number of hydrogen-bond acceptors (Lipinski definition) is 4. The molecule has 2 fully saturated rings. The van der Waals surface area contributed by atoms with Gasteiger partial charge in [0.2, 0.25) is 0 Å². The van der Waals surface area contributed by atoms with Gasteiger partial charge < -0.3 is 14.2 Å². The third-order valence-corrected chi connectivity index (χ3v) is 4.87. The Balaban J connectivity index is 1.72. The maximum absolute atomic E-state index is 5.92. The number of hydrogen-bond donors (Lipinski definition) is 0. The first-order valence-corrected chi connectivity index (χ1v) is 7.72. The van der Waals surface area contributed by atoms with Gasteiger partial charge in [-0.1, -0.05) is 18.2 Å². The lowest BCUT2D eigenvalue weighted by Crippen LogP contribution is -2.51. The quantitative estimate of drug-likeness (QED) is 0.833. The zero-order chi connectivity index (χ0) is 14.7. The van der Waals surface area contributed by atoms with Crippen LogP contribution in [-0.4, -0.2) is 51.5 Å². The normalized spacial score (nSPS) is 29.3. The molecule has 0 saturated carbocycles. The molecule has 0 N–H and O–H groups in total. The number of nitrogens with zero attached hydrogens (tertiary/aromatic N) is 1. The van der Waals surface area contributed by atoms with Gasteiger partial charge in [-0.3, -0.25) is 4.90 Å². The molecule has 2 atom stereocenters. The monoisotopic (exact) mass is 291 g/mol. The summed E-state index contributed by atoms with van der Waals surface area (Å²) in [6.45, 7) is 4.72. The van der Waals surface area contributed by atoms with Crippen molar-refractivity contribution in [3.63, 3.8) is 0 Å². The van der Waals surface area contributed by atoms with Crippen LogP contribution in [0.3, 0.4) is 0 Å². The molecule has 3 rings (SSSR count). The fourth-order valence-electron chi connectivity index (χ4n) is 3.84. The van der Waals surface area contributed by atoms with Crippen molar-refractivity contribution in [3.05, 3.63) is 29.8 Å². The van der Waals surface area contributed by atoms with Crippen molar-refractivity contribution in [1.82, 2.24) is 4.90 Å². The van der Waals surface area contributed by atoms with Gasteiger partial charge in [0.15, 0.2) is 0 Å². The van der Waals surface area contributed by atoms with E-state index in [-0.39, 0.29) is 5.41 Å². The number of rotatable bonds is 5. The van der Waals surface area contributed by atoms with Gasteiger partial charge in [0.1, 0.15) is 5.75 Å². The van der Waals surface area contributed by atoms with Crippen LogP contribution in [0, 0.1) is 5.41 Å². The Bertz CT molecular complexity index is 479. The van der Waals surface area contributed by atoms with Gasteiger partial charge in [0.25, 0.3) is 0 Å². The molecule has 2 aliphatic heterocycles. The largest absolute Gasteiger partial charge is 0.496 e. The molecule has 4 heteroatoms. The van der Waals surface area contributed by atoms with Crippen LogP contribution in [0.2, 0.25) is 0 Å². The van der Waals surface area contributed by atoms with Crippen LogP contribution in [0.25, 0.3) is 0 Å². The zero-order valence-corrected chi connectivity index (χ0v) is 13.0. The Morgan fingerprint density at radius 3 is 3.00 bits per heavy atom. The molecule has 0 amide bonds. The maximum atomic E-state index is 5.92. The maximum Gasteiger partial charge on any atom is 0.123 e. The van der Waals surface area contributed by atoms with E-state index < -0.39 is 0 Å². The summed E-state index contributed by atoms with van der Waals surface area (Å²) in [6, 6.07) is 8.28. The number of methoxy groups -OCH3 is 2. The van der Waals surface area contributed by atoms with E-state index in [9.17, 15) is 0 Å². The van der Waals surface area contributed by atoms with Crippen LogP contribution in [0.5, 0.6) is 5.75 Å². The predicted molar refractivity (Wildman–Crippen MR) is 81.6 cm³/mol. The fraction of sp³-hybridized carbons (Fsp3) is 0.647. The summed E-state index contributed by atoms with van der Waals surface area (Å²) in [5.74, 6) is 0.975. The van der Waals surface area contributed by atoms with E-state index in [4.69, 9.17) is 14.2 Å². The third kappa shape index (κ3) is 2.93. The van der Waals surface area contributed by atoms with E-state index >= 15 is 0 Å². The van der Waals surface area contributed by atoms with Crippen molar-refractivity contribution in [2.24, 2.45) is 5.41 Å². The Labute approximate surface area is 127 Å². The fourth-order valence-corrected chi connectivity index (χ4v) is 3.84. The lowest BCUT2D eigenvalue weighted by molar-refractivity contribution is -0.0558. The molecule has 1 aromatic rings. The Morgan fingerprint density at radius 2 is 2.19 bits per heavy atom. The van der Waals surface area contributed by atoms with Crippen molar-refractivity contribution < 1.29 is 14.2 Å². The highest BCUT2D eigenvalue weighted by molar-refractivity contribution is 5.33. The van der Waals surface area contributed by atoms with Gasteiger partial charge >= 0.3 is 0 Å². The second kappa shape index (κ2) is 6.34. The number of benzene rings is 1. The first-order valence-electron chi connectivity index (χ1n) is 7.72. The van der Waals surface area contributed by atoms with E-state index in [1.54, 1.807) is 14.2 Å². The second-order valence-corrected chi connectivity index (χ2v) is 6.22. The number of piperidine rings is 1. The van der Waals surface area contributed by atoms with Crippen LogP contribution in [-0.2, 0) is 16.0 Å². The SMILES string of the molecule is COC[C@]12CCO[C@H]1CCN(Cc1ccccc1OC)C2. The molecule has 116 valence electrons. The smallest absolute Gasteiger partial charge is 0.123 e. The highest BCUT2D eigenvalue weighted by Gasteiger charge is 2.47. The zero-order valence-electron chi connectivity index (χ0n) is 13.0. The number of likely N-dealkylation sites (tertiary alicyclic amines) is 1. The third-order valence-electron chi connectivity index (χ3n) is 4.87. The summed E-state index contributed by atoms with van der Waals surface area (Å²) in [7, 11) is 3.53. The molecule has 0 bridgehead atoms. The van der Waals surface area contributed by atoms with Gasteiger partial charge in [0, 0.05) is 44.3 Å². The van der Waals surface area contributed by atoms with Crippen LogP contribution in [0.15, 0.2) is 24.3 Å². The molecule has 0 radical (unpaired) electrons. The minimum Gasteiger partial charge on any atom is -0.496 e. The Hall–Kier alpha value is -1.10. The molecule has 1 aromatic carbocycles. The summed E-state index contributed by atoms with van der Waals surface area (Å²) in [4.78, 5) is 2.52. The first-order chi connectivity index (χ1) is 10.3. The van der Waals surface area contributed by atoms with Gasteiger partial charge in [-0.05, 0) is 18.9 Å². The molecular weight excluding hydrogens is 266 g/mol. The lowest BCUT2D eigenvalue weighted by Gasteiger charge is -2.43. The van der Waals surface area contributed by atoms with Gasteiger partial charge in [0.05, 0.1) is 19.8 Å². The van der Waals surface area contributed by atoms with Crippen molar-refractivity contribution in [1.29, 1.82) is 0 Å². The molecule has 0 unspecified atom stereocenters. The van der Waals surface area contributed by atoms with E-state index in [1.165, 1.54) is 5.56 Å². The molecule has 2 saturated heterocycles. The van der Waals surface area contributed by atoms with Gasteiger partial charge in [-0.2, -0.15) is 0 Å². The summed E-state index contributed by atoms with van der Waals surface area (Å²) >= 11 is 0. The molecule has 0 aromatic heterocycles. The minimum absolute atomic E-state index is 0.176. The Kier molecular flexibility index (Phi) is 4.48. The minimum atomic E-state index is 0.176. The summed E-state index contributed by atoms with van der Waals surface area (Å²) in [6.07, 6.45) is 2.57. The molecule has 2 aliphatic rings. The van der Waals surface area contributed by atoms with E-state index in [0.29, 0.717) is 6.10 Å². The predicted octanol–water partition coefficient (Wildman–Crippen LogP) is 2.32. The number of ether oxygens (including phenoxy) is 3. The molecule has 2 heterocycles. The highest BCUT2D eigenvalue weighted by atomic mass is 16.5. The van der Waals surface area contributed by atoms with Crippen LogP contribution >= 0.6 is 0 Å². The van der Waals surface area contributed by atoms with Crippen molar-refractivity contribution in [3.8, 4) is 5.75 Å². The Morgan fingerprint density at radius 1 is 1.33 bits per heavy atom. The summed E-state index contributed by atoms with van der Waals surface area (Å²) in [5.41, 5.74) is 1.43. The van der Waals surface area contributed by atoms with Crippen LogP contribution < -0.4 is 4.74 Å². The van der Waals surface area contributed by atoms with Crippen molar-refractivity contribution in [2.75, 3.05) is 40.5 Å². The molecule has 4 nitrogen and oxygen atoms in total. The van der Waals surface area contributed by atoms with Crippen molar-refractivity contribution in [2.45, 2.75) is 25.5 Å². The van der Waals surface area contributed by atoms with Gasteiger partial charge in [-0.15, -0.1) is 0 Å². The summed E-state index contributed by atoms with van der Waals surface area (Å²) < 4.78 is 16.9. The topological polar surface area (TPSA) is 30.9 Å². The van der Waals surface area contributed by atoms with E-state index in [0.717, 1.165) is 51.4 Å². The average molecular weight is 291 g/mol. The highest BCUT2D eigenvalue weighted by Crippen LogP contribution is 2.41. The number of fused-ring (bicyclic) bond motifs is 1. The van der Waals surface area contributed by atoms with E-state index in [1.807, 2.05) is 12.1 Å². The molecule has 21 heavy (non-hydrogen) atoms. The van der Waals surface area contributed by atoms with E-state index in [2.05, 4.69) is 17.0 Å². The summed E-state index contributed by atoms with van der Waals surface area (Å²) in [5, 5.41) is 0. The number of para-hydroxylation sites is 1. The van der Waals surface area contributed by atoms with Crippen LogP contribution in [0.1, 0.15) is 18.4 Å².